The van der Waals surface area contributed by atoms with Crippen LogP contribution in [0.25, 0.3) is 11.3 Å². The van der Waals surface area contributed by atoms with Crippen molar-refractivity contribution in [3.05, 3.63) is 59.9 Å². The van der Waals surface area contributed by atoms with Gasteiger partial charge in [-0.1, -0.05) is 6.07 Å². The topological polar surface area (TPSA) is 66.0 Å². The highest BCUT2D eigenvalue weighted by Crippen LogP contribution is 2.24. The highest BCUT2D eigenvalue weighted by atomic mass is 15.1. The van der Waals surface area contributed by atoms with E-state index in [1.54, 1.807) is 12.4 Å². The van der Waals surface area contributed by atoms with E-state index in [2.05, 4.69) is 71.6 Å². The molecule has 3 aromatic rings. The summed E-state index contributed by atoms with van der Waals surface area (Å²) < 4.78 is 0. The number of hydrogen-bond acceptors (Lipinski definition) is 6. The van der Waals surface area contributed by atoms with E-state index < -0.39 is 0 Å². The van der Waals surface area contributed by atoms with Crippen molar-refractivity contribution in [1.82, 2.24) is 19.9 Å². The first kappa shape index (κ1) is 19.8. The maximum Gasteiger partial charge on any atom is 0.225 e. The Labute approximate surface area is 167 Å². The fourth-order valence-electron chi connectivity index (χ4n) is 3.05. The molecule has 2 aromatic heterocycles. The Bertz CT molecular complexity index is 888. The Balaban J connectivity index is 1.86. The van der Waals surface area contributed by atoms with Gasteiger partial charge in [-0.25, -0.2) is 4.98 Å². The van der Waals surface area contributed by atoms with Gasteiger partial charge in [0.05, 0.1) is 5.69 Å². The average Bonchev–Trinajstić information content (AvgIpc) is 2.65. The minimum absolute atomic E-state index is 0.625. The zero-order chi connectivity index (χ0) is 19.9. The van der Waals surface area contributed by atoms with Gasteiger partial charge in [0, 0.05) is 36.3 Å². The van der Waals surface area contributed by atoms with E-state index in [9.17, 15) is 0 Å². The van der Waals surface area contributed by atoms with Crippen molar-refractivity contribution in [3.8, 4) is 11.3 Å². The normalized spacial score (nSPS) is 10.9. The van der Waals surface area contributed by atoms with E-state index >= 15 is 0 Å². The van der Waals surface area contributed by atoms with Gasteiger partial charge in [0.1, 0.15) is 5.82 Å². The summed E-state index contributed by atoms with van der Waals surface area (Å²) in [6, 6.07) is 12.3. The first-order valence-corrected chi connectivity index (χ1v) is 9.53. The molecular formula is C22H28N6. The largest absolute Gasteiger partial charge is 0.354 e. The van der Waals surface area contributed by atoms with Gasteiger partial charge in [-0.15, -0.1) is 0 Å². The van der Waals surface area contributed by atoms with Gasteiger partial charge in [0.25, 0.3) is 0 Å². The molecule has 0 aliphatic carbocycles. The number of nitrogens with one attached hydrogen (secondary N) is 2. The third kappa shape index (κ3) is 5.76. The van der Waals surface area contributed by atoms with Crippen molar-refractivity contribution in [3.63, 3.8) is 0 Å². The van der Waals surface area contributed by atoms with Crippen LogP contribution in [0.1, 0.15) is 17.5 Å². The molecule has 6 nitrogen and oxygen atoms in total. The van der Waals surface area contributed by atoms with E-state index in [0.29, 0.717) is 5.95 Å². The summed E-state index contributed by atoms with van der Waals surface area (Å²) in [6.07, 6.45) is 4.58. The van der Waals surface area contributed by atoms with Crippen molar-refractivity contribution in [2.24, 2.45) is 0 Å². The van der Waals surface area contributed by atoms with Crippen LogP contribution in [0.2, 0.25) is 0 Å². The van der Waals surface area contributed by atoms with Crippen LogP contribution in [0.3, 0.4) is 0 Å². The van der Waals surface area contributed by atoms with Crippen molar-refractivity contribution in [1.29, 1.82) is 0 Å². The van der Waals surface area contributed by atoms with E-state index in [4.69, 9.17) is 4.98 Å². The van der Waals surface area contributed by atoms with Crippen LogP contribution in [0, 0.1) is 13.8 Å². The maximum atomic E-state index is 4.69. The third-order valence-corrected chi connectivity index (χ3v) is 4.26. The molecule has 2 heterocycles. The first-order valence-electron chi connectivity index (χ1n) is 9.53. The van der Waals surface area contributed by atoms with Gasteiger partial charge in [-0.05, 0) is 76.3 Å². The molecule has 0 fully saturated rings. The van der Waals surface area contributed by atoms with Gasteiger partial charge in [-0.3, -0.25) is 4.98 Å². The lowest BCUT2D eigenvalue weighted by molar-refractivity contribution is 0.405. The summed E-state index contributed by atoms with van der Waals surface area (Å²) in [6.45, 7) is 6.03. The molecule has 3 rings (SSSR count). The molecule has 0 saturated heterocycles. The summed E-state index contributed by atoms with van der Waals surface area (Å²) in [5.74, 6) is 1.39. The van der Waals surface area contributed by atoms with Gasteiger partial charge >= 0.3 is 0 Å². The molecule has 1 aromatic carbocycles. The molecule has 146 valence electrons. The lowest BCUT2D eigenvalue weighted by Gasteiger charge is -2.13. The van der Waals surface area contributed by atoms with Crippen LogP contribution in [0.15, 0.2) is 48.8 Å². The molecule has 0 saturated carbocycles. The number of benzene rings is 1. The summed E-state index contributed by atoms with van der Waals surface area (Å²) in [5.41, 5.74) is 5.33. The molecular weight excluding hydrogens is 348 g/mol. The molecule has 6 heteroatoms. The second-order valence-electron chi connectivity index (χ2n) is 7.28. The number of pyridine rings is 1. The minimum atomic E-state index is 0.625. The van der Waals surface area contributed by atoms with E-state index in [1.807, 2.05) is 18.2 Å². The molecule has 2 N–H and O–H groups in total. The smallest absolute Gasteiger partial charge is 0.225 e. The molecule has 0 aliphatic heterocycles. The molecule has 0 radical (unpaired) electrons. The Kier molecular flexibility index (Phi) is 6.55. The standard InChI is InChI=1S/C22H28N6/c1-16-12-17(2)14-19(13-16)25-21-15-20(18-6-9-23-10-7-18)26-22(27-21)24-8-5-11-28(3)4/h6-7,9-10,12-15H,5,8,11H2,1-4H3,(H2,24,25,26,27). The number of aryl methyl sites for hydroxylation is 2. The predicted octanol–water partition coefficient (Wildman–Crippen LogP) is 4.26. The molecule has 0 aliphatic rings. The second kappa shape index (κ2) is 9.28. The molecule has 0 spiro atoms. The van der Waals surface area contributed by atoms with E-state index in [-0.39, 0.29) is 0 Å². The highest BCUT2D eigenvalue weighted by molar-refractivity contribution is 5.67. The monoisotopic (exact) mass is 376 g/mol. The zero-order valence-electron chi connectivity index (χ0n) is 17.0. The van der Waals surface area contributed by atoms with Crippen LogP contribution in [0.4, 0.5) is 17.5 Å². The van der Waals surface area contributed by atoms with Crippen LogP contribution < -0.4 is 10.6 Å². The lowest BCUT2D eigenvalue weighted by atomic mass is 10.1. The number of nitrogens with zero attached hydrogens (tertiary/aromatic N) is 4. The fourth-order valence-corrected chi connectivity index (χ4v) is 3.05. The third-order valence-electron chi connectivity index (χ3n) is 4.26. The van der Waals surface area contributed by atoms with Crippen molar-refractivity contribution >= 4 is 17.5 Å². The fraction of sp³-hybridized carbons (Fsp3) is 0.318. The maximum absolute atomic E-state index is 4.69. The predicted molar refractivity (Wildman–Crippen MR) is 116 cm³/mol. The summed E-state index contributed by atoms with van der Waals surface area (Å²) in [7, 11) is 4.15. The Morgan fingerprint density at radius 1 is 0.929 bits per heavy atom. The first-order chi connectivity index (χ1) is 13.5. The van der Waals surface area contributed by atoms with Crippen LogP contribution in [0.5, 0.6) is 0 Å². The lowest BCUT2D eigenvalue weighted by Crippen LogP contribution is -2.17. The Hall–Kier alpha value is -2.99. The number of anilines is 3. The average molecular weight is 377 g/mol. The van der Waals surface area contributed by atoms with Crippen LogP contribution >= 0.6 is 0 Å². The SMILES string of the molecule is Cc1cc(C)cc(Nc2cc(-c3ccncc3)nc(NCCCN(C)C)n2)c1. The summed E-state index contributed by atoms with van der Waals surface area (Å²) >= 11 is 0. The zero-order valence-corrected chi connectivity index (χ0v) is 17.0. The molecule has 0 amide bonds. The number of rotatable bonds is 8. The molecule has 0 unspecified atom stereocenters. The molecule has 0 atom stereocenters. The summed E-state index contributed by atoms with van der Waals surface area (Å²) in [5, 5.41) is 6.78. The molecule has 28 heavy (non-hydrogen) atoms. The highest BCUT2D eigenvalue weighted by Gasteiger charge is 2.08. The van der Waals surface area contributed by atoms with Gasteiger partial charge < -0.3 is 15.5 Å². The van der Waals surface area contributed by atoms with Gasteiger partial charge in [0.2, 0.25) is 5.95 Å². The summed E-state index contributed by atoms with van der Waals surface area (Å²) in [4.78, 5) is 15.6. The van der Waals surface area contributed by atoms with Gasteiger partial charge in [0.15, 0.2) is 0 Å². The van der Waals surface area contributed by atoms with Crippen molar-refractivity contribution < 1.29 is 0 Å². The quantitative estimate of drug-likeness (QED) is 0.573. The Morgan fingerprint density at radius 3 is 2.32 bits per heavy atom. The minimum Gasteiger partial charge on any atom is -0.354 e. The number of aromatic nitrogens is 3. The molecule has 0 bridgehead atoms. The van der Waals surface area contributed by atoms with E-state index in [1.165, 1.54) is 11.1 Å². The number of hydrogen-bond donors (Lipinski definition) is 2. The van der Waals surface area contributed by atoms with Crippen molar-refractivity contribution in [2.45, 2.75) is 20.3 Å². The van der Waals surface area contributed by atoms with E-state index in [0.717, 1.165) is 42.3 Å². The second-order valence-corrected chi connectivity index (χ2v) is 7.28. The Morgan fingerprint density at radius 2 is 1.64 bits per heavy atom. The van der Waals surface area contributed by atoms with Crippen LogP contribution in [-0.2, 0) is 0 Å². The van der Waals surface area contributed by atoms with Gasteiger partial charge in [-0.2, -0.15) is 4.98 Å². The van der Waals surface area contributed by atoms with Crippen molar-refractivity contribution in [2.75, 3.05) is 37.8 Å². The van der Waals surface area contributed by atoms with Crippen LogP contribution in [-0.4, -0.2) is 47.0 Å².